The molecule has 0 fully saturated rings. The third-order valence-corrected chi connectivity index (χ3v) is 2.43. The lowest BCUT2D eigenvalue weighted by Crippen LogP contribution is -2.04. The second-order valence-electron chi connectivity index (χ2n) is 3.59. The van der Waals surface area contributed by atoms with E-state index in [4.69, 9.17) is 4.42 Å². The largest absolute Gasteiger partial charge is 0.421 e. The Bertz CT molecular complexity index is 747. The number of aromatic nitrogens is 2. The first-order valence-electron chi connectivity index (χ1n) is 4.91. The lowest BCUT2D eigenvalue weighted by molar-refractivity contribution is 0.567. The summed E-state index contributed by atoms with van der Waals surface area (Å²) in [6.07, 6.45) is 1.65. The number of hydrogen-bond acceptors (Lipinski definition) is 4. The van der Waals surface area contributed by atoms with E-state index < -0.39 is 5.63 Å². The number of fused-ring (bicyclic) bond motifs is 3. The van der Waals surface area contributed by atoms with Gasteiger partial charge in [0.25, 0.3) is 0 Å². The molecule has 4 nitrogen and oxygen atoms in total. The predicted octanol–water partition coefficient (Wildman–Crippen LogP) is 2.04. The molecule has 0 radical (unpaired) electrons. The van der Waals surface area contributed by atoms with Crippen molar-refractivity contribution >= 4 is 22.0 Å². The van der Waals surface area contributed by atoms with Crippen LogP contribution in [0.3, 0.4) is 0 Å². The molecule has 3 aromatic rings. The number of rotatable bonds is 0. The number of para-hydroxylation sites is 1. The molecule has 0 atom stereocenters. The number of nitrogens with zero attached hydrogens (tertiary/aromatic N) is 2. The second-order valence-corrected chi connectivity index (χ2v) is 3.59. The summed E-state index contributed by atoms with van der Waals surface area (Å²) in [6.45, 7) is 1.79. The smallest absolute Gasteiger partial charge is 0.364 e. The lowest BCUT2D eigenvalue weighted by Gasteiger charge is -2.00. The van der Waals surface area contributed by atoms with Crippen molar-refractivity contribution in [2.24, 2.45) is 0 Å². The molecule has 2 heterocycles. The molecular formula is C12H8N2O2. The van der Waals surface area contributed by atoms with Gasteiger partial charge in [0, 0.05) is 11.6 Å². The molecule has 0 amide bonds. The Hall–Kier alpha value is -2.23. The molecule has 0 aliphatic carbocycles. The summed E-state index contributed by atoms with van der Waals surface area (Å²) in [5.41, 5.74) is 1.69. The summed E-state index contributed by atoms with van der Waals surface area (Å²) in [5, 5.41) is 0.810. The van der Waals surface area contributed by atoms with Crippen molar-refractivity contribution in [1.82, 2.24) is 9.97 Å². The Morgan fingerprint density at radius 3 is 2.88 bits per heavy atom. The van der Waals surface area contributed by atoms with Crippen LogP contribution in [-0.4, -0.2) is 9.97 Å². The molecule has 78 valence electrons. The second kappa shape index (κ2) is 3.13. The molecule has 2 aromatic heterocycles. The van der Waals surface area contributed by atoms with Crippen molar-refractivity contribution in [3.05, 3.63) is 46.6 Å². The fourth-order valence-electron chi connectivity index (χ4n) is 1.72. The van der Waals surface area contributed by atoms with Crippen molar-refractivity contribution in [2.75, 3.05) is 0 Å². The molecule has 0 spiro atoms. The van der Waals surface area contributed by atoms with E-state index >= 15 is 0 Å². The fourth-order valence-corrected chi connectivity index (χ4v) is 1.72. The fraction of sp³-hybridized carbons (Fsp3) is 0.0833. The van der Waals surface area contributed by atoms with Crippen LogP contribution in [-0.2, 0) is 0 Å². The highest BCUT2D eigenvalue weighted by molar-refractivity contribution is 5.99. The van der Waals surface area contributed by atoms with Gasteiger partial charge in [-0.05, 0) is 19.1 Å². The Morgan fingerprint density at radius 2 is 2.00 bits per heavy atom. The highest BCUT2D eigenvalue weighted by Gasteiger charge is 2.08. The number of benzene rings is 1. The van der Waals surface area contributed by atoms with Crippen LogP contribution >= 0.6 is 0 Å². The van der Waals surface area contributed by atoms with Crippen LogP contribution in [0, 0.1) is 6.92 Å². The lowest BCUT2D eigenvalue weighted by atomic mass is 10.2. The van der Waals surface area contributed by atoms with Gasteiger partial charge in [-0.1, -0.05) is 12.1 Å². The molecular weight excluding hydrogens is 204 g/mol. The Morgan fingerprint density at radius 1 is 1.19 bits per heavy atom. The zero-order valence-corrected chi connectivity index (χ0v) is 8.60. The highest BCUT2D eigenvalue weighted by atomic mass is 16.4. The van der Waals surface area contributed by atoms with Crippen molar-refractivity contribution in [1.29, 1.82) is 0 Å². The van der Waals surface area contributed by atoms with Gasteiger partial charge in [0.1, 0.15) is 11.1 Å². The predicted molar refractivity (Wildman–Crippen MR) is 60.3 cm³/mol. The van der Waals surface area contributed by atoms with Crippen LogP contribution in [0.25, 0.3) is 22.0 Å². The average molecular weight is 212 g/mol. The average Bonchev–Trinajstić information content (AvgIpc) is 2.29. The Labute approximate surface area is 90.6 Å². The highest BCUT2D eigenvalue weighted by Crippen LogP contribution is 2.19. The summed E-state index contributed by atoms with van der Waals surface area (Å²) >= 11 is 0. The van der Waals surface area contributed by atoms with Gasteiger partial charge in [0.05, 0.1) is 5.69 Å². The van der Waals surface area contributed by atoms with Crippen molar-refractivity contribution < 1.29 is 4.42 Å². The quantitative estimate of drug-likeness (QED) is 0.422. The van der Waals surface area contributed by atoms with E-state index in [2.05, 4.69) is 9.97 Å². The first-order valence-corrected chi connectivity index (χ1v) is 4.91. The molecule has 0 saturated heterocycles. The van der Waals surface area contributed by atoms with Gasteiger partial charge >= 0.3 is 5.63 Å². The van der Waals surface area contributed by atoms with Gasteiger partial charge in [0.2, 0.25) is 0 Å². The van der Waals surface area contributed by atoms with Crippen LogP contribution in [0.5, 0.6) is 0 Å². The number of hydrogen-bond donors (Lipinski definition) is 0. The van der Waals surface area contributed by atoms with Gasteiger partial charge in [-0.15, -0.1) is 0 Å². The Balaban J connectivity index is 2.65. The molecule has 4 heteroatoms. The van der Waals surface area contributed by atoms with Crippen LogP contribution in [0.2, 0.25) is 0 Å². The van der Waals surface area contributed by atoms with Gasteiger partial charge in [-0.2, -0.15) is 0 Å². The van der Waals surface area contributed by atoms with E-state index in [0.717, 1.165) is 5.39 Å². The maximum atomic E-state index is 11.7. The van der Waals surface area contributed by atoms with E-state index in [-0.39, 0.29) is 0 Å². The van der Waals surface area contributed by atoms with Crippen LogP contribution < -0.4 is 5.63 Å². The van der Waals surface area contributed by atoms with Crippen LogP contribution in [0.15, 0.2) is 39.7 Å². The molecule has 16 heavy (non-hydrogen) atoms. The normalized spacial score (nSPS) is 11.1. The third kappa shape index (κ3) is 1.20. The molecule has 0 aliphatic rings. The minimum absolute atomic E-state index is 0.290. The van der Waals surface area contributed by atoms with Gasteiger partial charge in [0.15, 0.2) is 5.52 Å². The zero-order chi connectivity index (χ0) is 11.1. The maximum absolute atomic E-state index is 11.7. The molecule has 3 rings (SSSR count). The van der Waals surface area contributed by atoms with Crippen molar-refractivity contribution in [2.45, 2.75) is 6.92 Å². The Kier molecular flexibility index (Phi) is 1.77. The minimum Gasteiger partial charge on any atom is -0.421 e. The number of aryl methyl sites for hydroxylation is 1. The summed E-state index contributed by atoms with van der Waals surface area (Å²) in [6, 6.07) is 7.31. The third-order valence-electron chi connectivity index (χ3n) is 2.43. The summed E-state index contributed by atoms with van der Waals surface area (Å²) in [5.74, 6) is 0. The molecule has 0 bridgehead atoms. The van der Waals surface area contributed by atoms with Gasteiger partial charge in [-0.25, -0.2) is 9.78 Å². The van der Waals surface area contributed by atoms with Gasteiger partial charge in [-0.3, -0.25) is 4.98 Å². The topological polar surface area (TPSA) is 56.0 Å². The van der Waals surface area contributed by atoms with Crippen LogP contribution in [0.1, 0.15) is 5.69 Å². The minimum atomic E-state index is -0.440. The van der Waals surface area contributed by atoms with E-state index in [1.54, 1.807) is 19.2 Å². The first-order chi connectivity index (χ1) is 7.75. The standard InChI is InChI=1S/C12H8N2O2/c1-7-6-13-10-8-4-2-3-5-9(8)16-12(15)11(10)14-7/h2-6H,1H3. The summed E-state index contributed by atoms with van der Waals surface area (Å²) in [7, 11) is 0. The molecule has 0 unspecified atom stereocenters. The van der Waals surface area contributed by atoms with Gasteiger partial charge < -0.3 is 4.42 Å². The molecule has 1 aromatic carbocycles. The van der Waals surface area contributed by atoms with Crippen LogP contribution in [0.4, 0.5) is 0 Å². The van der Waals surface area contributed by atoms with Crippen molar-refractivity contribution in [3.63, 3.8) is 0 Å². The molecule has 0 aliphatic heterocycles. The van der Waals surface area contributed by atoms with E-state index in [1.807, 2.05) is 18.2 Å². The van der Waals surface area contributed by atoms with E-state index in [0.29, 0.717) is 22.3 Å². The maximum Gasteiger partial charge on any atom is 0.364 e. The first kappa shape index (κ1) is 9.03. The summed E-state index contributed by atoms with van der Waals surface area (Å²) < 4.78 is 5.17. The van der Waals surface area contributed by atoms with E-state index in [1.165, 1.54) is 0 Å². The SMILES string of the molecule is Cc1cnc2c(n1)c(=O)oc1ccccc12. The zero-order valence-electron chi connectivity index (χ0n) is 8.60. The summed E-state index contributed by atoms with van der Waals surface area (Å²) in [4.78, 5) is 20.1. The van der Waals surface area contributed by atoms with Crippen molar-refractivity contribution in [3.8, 4) is 0 Å². The molecule has 0 saturated carbocycles. The van der Waals surface area contributed by atoms with E-state index in [9.17, 15) is 4.79 Å². The molecule has 0 N–H and O–H groups in total. The monoisotopic (exact) mass is 212 g/mol.